The molecular weight excluding hydrogens is 368 g/mol. The predicted molar refractivity (Wildman–Crippen MR) is 109 cm³/mol. The fraction of sp³-hybridized carbons (Fsp3) is 0.136. The summed E-state index contributed by atoms with van der Waals surface area (Å²) in [5.74, 6) is 0.00308. The van der Waals surface area contributed by atoms with Crippen molar-refractivity contribution >= 4 is 23.0 Å². The van der Waals surface area contributed by atoms with E-state index in [1.54, 1.807) is 47.2 Å². The molecule has 3 aromatic heterocycles. The van der Waals surface area contributed by atoms with Crippen molar-refractivity contribution in [3.63, 3.8) is 0 Å². The number of imidazole rings is 1. The number of aryl methyl sites for hydroxylation is 1. The largest absolute Gasteiger partial charge is 0.467 e. The number of fused-ring (bicyclic) bond motifs is 1. The van der Waals surface area contributed by atoms with E-state index in [0.29, 0.717) is 17.0 Å². The number of hydrogen-bond acceptors (Lipinski definition) is 4. The van der Waals surface area contributed by atoms with Crippen molar-refractivity contribution in [1.29, 1.82) is 0 Å². The monoisotopic (exact) mass is 388 g/mol. The molecular formula is C22H20N4O3. The number of carbonyl (C=O) groups is 2. The molecule has 0 bridgehead atoms. The lowest BCUT2D eigenvalue weighted by molar-refractivity contribution is 0.0937. The van der Waals surface area contributed by atoms with Gasteiger partial charge in [-0.2, -0.15) is 0 Å². The number of pyridine rings is 1. The average Bonchev–Trinajstić information content (AvgIpc) is 3.40. The second kappa shape index (κ2) is 8.02. The van der Waals surface area contributed by atoms with Crippen LogP contribution in [-0.4, -0.2) is 21.2 Å². The Morgan fingerprint density at radius 2 is 1.86 bits per heavy atom. The predicted octanol–water partition coefficient (Wildman–Crippen LogP) is 3.67. The fourth-order valence-electron chi connectivity index (χ4n) is 3.04. The van der Waals surface area contributed by atoms with Gasteiger partial charge in [-0.25, -0.2) is 4.98 Å². The molecule has 0 spiro atoms. The van der Waals surface area contributed by atoms with Crippen molar-refractivity contribution in [2.75, 3.05) is 5.32 Å². The molecule has 4 rings (SSSR count). The van der Waals surface area contributed by atoms with Crippen LogP contribution in [-0.2, 0) is 13.0 Å². The van der Waals surface area contributed by atoms with Gasteiger partial charge in [0.05, 0.1) is 18.3 Å². The van der Waals surface area contributed by atoms with Gasteiger partial charge < -0.3 is 15.1 Å². The molecule has 2 amide bonds. The SMILES string of the molecule is CCc1ccc(NC(=O)c2nc(C(=O)NCc3ccco3)n3ccccc23)cc1. The van der Waals surface area contributed by atoms with Gasteiger partial charge in [0.1, 0.15) is 5.76 Å². The van der Waals surface area contributed by atoms with Crippen LogP contribution in [0.15, 0.2) is 71.5 Å². The number of anilines is 1. The van der Waals surface area contributed by atoms with Crippen molar-refractivity contribution in [3.05, 3.63) is 89.9 Å². The second-order valence-electron chi connectivity index (χ2n) is 6.51. The summed E-state index contributed by atoms with van der Waals surface area (Å²) in [5, 5.41) is 5.61. The maximum absolute atomic E-state index is 12.8. The Labute approximate surface area is 167 Å². The number of carbonyl (C=O) groups excluding carboxylic acids is 2. The smallest absolute Gasteiger partial charge is 0.288 e. The summed E-state index contributed by atoms with van der Waals surface area (Å²) in [4.78, 5) is 29.8. The highest BCUT2D eigenvalue weighted by Gasteiger charge is 2.21. The summed E-state index contributed by atoms with van der Waals surface area (Å²) in [6.07, 6.45) is 4.18. The third-order valence-electron chi connectivity index (χ3n) is 4.59. The normalized spacial score (nSPS) is 10.8. The highest BCUT2D eigenvalue weighted by molar-refractivity contribution is 6.08. The van der Waals surface area contributed by atoms with Crippen LogP contribution in [0.3, 0.4) is 0 Å². The fourth-order valence-corrected chi connectivity index (χ4v) is 3.04. The van der Waals surface area contributed by atoms with Crippen molar-refractivity contribution in [3.8, 4) is 0 Å². The molecule has 7 heteroatoms. The van der Waals surface area contributed by atoms with Gasteiger partial charge in [-0.1, -0.05) is 25.1 Å². The zero-order chi connectivity index (χ0) is 20.2. The van der Waals surface area contributed by atoms with E-state index in [-0.39, 0.29) is 24.0 Å². The molecule has 2 N–H and O–H groups in total. The van der Waals surface area contributed by atoms with E-state index in [0.717, 1.165) is 6.42 Å². The van der Waals surface area contributed by atoms with Gasteiger partial charge >= 0.3 is 0 Å². The summed E-state index contributed by atoms with van der Waals surface area (Å²) in [7, 11) is 0. The number of benzene rings is 1. The van der Waals surface area contributed by atoms with Gasteiger partial charge in [-0.3, -0.25) is 14.0 Å². The van der Waals surface area contributed by atoms with E-state index in [4.69, 9.17) is 4.42 Å². The van der Waals surface area contributed by atoms with Crippen molar-refractivity contribution < 1.29 is 14.0 Å². The Balaban J connectivity index is 1.59. The molecule has 0 aliphatic heterocycles. The molecule has 29 heavy (non-hydrogen) atoms. The van der Waals surface area contributed by atoms with Crippen LogP contribution in [0.25, 0.3) is 5.52 Å². The Kier molecular flexibility index (Phi) is 5.11. The first-order valence-electron chi connectivity index (χ1n) is 9.33. The standard InChI is InChI=1S/C22H20N4O3/c1-2-15-8-10-16(11-9-15)24-21(27)19-18-7-3-4-12-26(18)20(25-19)22(28)23-14-17-6-5-13-29-17/h3-13H,2,14H2,1H3,(H,23,28)(H,24,27). The molecule has 3 heterocycles. The minimum absolute atomic E-state index is 0.138. The summed E-state index contributed by atoms with van der Waals surface area (Å²) < 4.78 is 6.83. The average molecular weight is 388 g/mol. The van der Waals surface area contributed by atoms with E-state index in [2.05, 4.69) is 22.5 Å². The number of nitrogens with zero attached hydrogens (tertiary/aromatic N) is 2. The van der Waals surface area contributed by atoms with Crippen molar-refractivity contribution in [2.45, 2.75) is 19.9 Å². The Morgan fingerprint density at radius 3 is 2.59 bits per heavy atom. The minimum atomic E-state index is -0.394. The number of aromatic nitrogens is 2. The number of rotatable bonds is 6. The zero-order valence-electron chi connectivity index (χ0n) is 15.9. The summed E-state index contributed by atoms with van der Waals surface area (Å²) in [6.45, 7) is 2.31. The molecule has 0 atom stereocenters. The third-order valence-corrected chi connectivity index (χ3v) is 4.59. The van der Waals surface area contributed by atoms with Gasteiger partial charge in [0.15, 0.2) is 5.69 Å². The van der Waals surface area contributed by atoms with Crippen LogP contribution >= 0.6 is 0 Å². The molecule has 0 radical (unpaired) electrons. The lowest BCUT2D eigenvalue weighted by Crippen LogP contribution is -2.25. The highest BCUT2D eigenvalue weighted by atomic mass is 16.3. The van der Waals surface area contributed by atoms with Crippen LogP contribution < -0.4 is 10.6 Å². The molecule has 0 saturated heterocycles. The van der Waals surface area contributed by atoms with Gasteiger partial charge in [-0.05, 0) is 48.4 Å². The lowest BCUT2D eigenvalue weighted by Gasteiger charge is -2.04. The maximum atomic E-state index is 12.8. The molecule has 4 aromatic rings. The lowest BCUT2D eigenvalue weighted by atomic mass is 10.1. The van der Waals surface area contributed by atoms with Gasteiger partial charge in [0.2, 0.25) is 5.82 Å². The first kappa shape index (κ1) is 18.5. The minimum Gasteiger partial charge on any atom is -0.467 e. The molecule has 0 aliphatic rings. The van der Waals surface area contributed by atoms with Crippen LogP contribution in [0.1, 0.15) is 39.4 Å². The molecule has 0 fully saturated rings. The quantitative estimate of drug-likeness (QED) is 0.527. The Bertz CT molecular complexity index is 1140. The molecule has 146 valence electrons. The second-order valence-corrected chi connectivity index (χ2v) is 6.51. The summed E-state index contributed by atoms with van der Waals surface area (Å²) >= 11 is 0. The van der Waals surface area contributed by atoms with Gasteiger partial charge in [0.25, 0.3) is 11.8 Å². The van der Waals surface area contributed by atoms with E-state index < -0.39 is 5.91 Å². The first-order valence-corrected chi connectivity index (χ1v) is 9.33. The van der Waals surface area contributed by atoms with E-state index >= 15 is 0 Å². The maximum Gasteiger partial charge on any atom is 0.288 e. The van der Waals surface area contributed by atoms with Crippen LogP contribution in [0.4, 0.5) is 5.69 Å². The molecule has 0 unspecified atom stereocenters. The Morgan fingerprint density at radius 1 is 1.03 bits per heavy atom. The number of hydrogen-bond donors (Lipinski definition) is 2. The van der Waals surface area contributed by atoms with E-state index in [1.165, 1.54) is 5.56 Å². The van der Waals surface area contributed by atoms with E-state index in [1.807, 2.05) is 24.3 Å². The van der Waals surface area contributed by atoms with Crippen LogP contribution in [0, 0.1) is 0 Å². The summed E-state index contributed by atoms with van der Waals surface area (Å²) in [6, 6.07) is 16.5. The van der Waals surface area contributed by atoms with Crippen LogP contribution in [0.5, 0.6) is 0 Å². The van der Waals surface area contributed by atoms with Crippen molar-refractivity contribution in [1.82, 2.24) is 14.7 Å². The van der Waals surface area contributed by atoms with Gasteiger partial charge in [0, 0.05) is 11.9 Å². The van der Waals surface area contributed by atoms with E-state index in [9.17, 15) is 9.59 Å². The molecule has 7 nitrogen and oxygen atoms in total. The zero-order valence-corrected chi connectivity index (χ0v) is 15.9. The summed E-state index contributed by atoms with van der Waals surface area (Å²) in [5.41, 5.74) is 2.60. The number of nitrogens with one attached hydrogen (secondary N) is 2. The molecule has 1 aromatic carbocycles. The first-order chi connectivity index (χ1) is 14.2. The molecule has 0 saturated carbocycles. The number of furan rings is 1. The van der Waals surface area contributed by atoms with Crippen molar-refractivity contribution in [2.24, 2.45) is 0 Å². The van der Waals surface area contributed by atoms with Crippen LogP contribution in [0.2, 0.25) is 0 Å². The Hall–Kier alpha value is -3.87. The topological polar surface area (TPSA) is 88.6 Å². The molecule has 0 aliphatic carbocycles. The highest BCUT2D eigenvalue weighted by Crippen LogP contribution is 2.17. The third kappa shape index (κ3) is 3.89. The van der Waals surface area contributed by atoms with Gasteiger partial charge in [-0.15, -0.1) is 0 Å². The number of amides is 2.